The van der Waals surface area contributed by atoms with Crippen molar-refractivity contribution in [1.29, 1.82) is 0 Å². The van der Waals surface area contributed by atoms with Gasteiger partial charge in [-0.25, -0.2) is 9.38 Å². The summed E-state index contributed by atoms with van der Waals surface area (Å²) >= 11 is 4.62. The number of aromatic hydroxyl groups is 1. The minimum Gasteiger partial charge on any atom is -0.503 e. The second-order valence-corrected chi connectivity index (χ2v) is 7.05. The van der Waals surface area contributed by atoms with Crippen molar-refractivity contribution in [2.75, 3.05) is 7.11 Å². The number of phenolic OH excluding ortho intramolecular Hbond substituents is 1. The summed E-state index contributed by atoms with van der Waals surface area (Å²) in [6.07, 6.45) is 1.77. The van der Waals surface area contributed by atoms with E-state index in [-0.39, 0.29) is 11.3 Å². The van der Waals surface area contributed by atoms with Crippen molar-refractivity contribution >= 4 is 49.3 Å². The van der Waals surface area contributed by atoms with E-state index in [4.69, 9.17) is 4.74 Å². The van der Waals surface area contributed by atoms with Crippen LogP contribution in [0, 0.1) is 0 Å². The van der Waals surface area contributed by atoms with Crippen molar-refractivity contribution in [2.45, 2.75) is 0 Å². The molecule has 0 amide bonds. The number of fused-ring (bicyclic) bond motifs is 3. The second-order valence-electron chi connectivity index (χ2n) is 5.19. The molecule has 0 saturated carbocycles. The number of imidazole rings is 1. The van der Waals surface area contributed by atoms with Crippen LogP contribution < -0.4 is 14.8 Å². The van der Waals surface area contributed by atoms with Gasteiger partial charge in [0, 0.05) is 0 Å². The fourth-order valence-electron chi connectivity index (χ4n) is 2.60. The molecule has 0 unspecified atom stereocenters. The van der Waals surface area contributed by atoms with E-state index in [1.54, 1.807) is 22.6 Å². The topological polar surface area (TPSA) is 63.8 Å². The summed E-state index contributed by atoms with van der Waals surface area (Å²) in [5, 5.41) is 9.88. The molecular weight excluding hydrogens is 392 g/mol. The number of halogens is 1. The lowest BCUT2D eigenvalue weighted by molar-refractivity contribution is 0.372. The van der Waals surface area contributed by atoms with E-state index >= 15 is 0 Å². The van der Waals surface area contributed by atoms with Crippen LogP contribution in [0.15, 0.2) is 45.7 Å². The Morgan fingerprint density at radius 3 is 2.92 bits per heavy atom. The molecule has 0 spiro atoms. The van der Waals surface area contributed by atoms with Gasteiger partial charge < -0.3 is 9.84 Å². The van der Waals surface area contributed by atoms with Crippen LogP contribution in [0.3, 0.4) is 0 Å². The lowest BCUT2D eigenvalue weighted by atomic mass is 10.2. The Morgan fingerprint density at radius 2 is 2.12 bits per heavy atom. The van der Waals surface area contributed by atoms with Crippen LogP contribution in [0.25, 0.3) is 22.1 Å². The molecule has 5 nitrogen and oxygen atoms in total. The number of methoxy groups -OCH3 is 1. The molecule has 0 aliphatic carbocycles. The fourth-order valence-corrected chi connectivity index (χ4v) is 4.04. The van der Waals surface area contributed by atoms with Crippen molar-refractivity contribution in [3.8, 4) is 11.5 Å². The molecule has 4 aromatic rings. The number of aromatic nitrogens is 2. The molecule has 120 valence electrons. The maximum absolute atomic E-state index is 12.7. The van der Waals surface area contributed by atoms with Crippen molar-refractivity contribution in [1.82, 2.24) is 9.38 Å². The van der Waals surface area contributed by atoms with Gasteiger partial charge in [-0.2, -0.15) is 0 Å². The number of thiazole rings is 1. The van der Waals surface area contributed by atoms with Crippen LogP contribution in [0.1, 0.15) is 5.56 Å². The monoisotopic (exact) mass is 402 g/mol. The Hall–Kier alpha value is -2.38. The number of nitrogens with zero attached hydrogens (tertiary/aromatic N) is 2. The van der Waals surface area contributed by atoms with Crippen LogP contribution in [-0.2, 0) is 0 Å². The van der Waals surface area contributed by atoms with Gasteiger partial charge in [0.15, 0.2) is 16.5 Å². The normalized spacial score (nSPS) is 12.3. The van der Waals surface area contributed by atoms with Crippen LogP contribution >= 0.6 is 27.3 Å². The average molecular weight is 403 g/mol. The zero-order valence-corrected chi connectivity index (χ0v) is 14.9. The van der Waals surface area contributed by atoms with Crippen molar-refractivity contribution in [3.63, 3.8) is 0 Å². The van der Waals surface area contributed by atoms with E-state index < -0.39 is 0 Å². The van der Waals surface area contributed by atoms with Crippen LogP contribution in [0.2, 0.25) is 0 Å². The third kappa shape index (κ3) is 2.28. The zero-order chi connectivity index (χ0) is 16.8. The van der Waals surface area contributed by atoms with Gasteiger partial charge in [0.25, 0.3) is 5.56 Å². The smallest absolute Gasteiger partial charge is 0.274 e. The van der Waals surface area contributed by atoms with E-state index in [2.05, 4.69) is 20.9 Å². The lowest BCUT2D eigenvalue weighted by Gasteiger charge is -2.06. The Kier molecular flexibility index (Phi) is 3.54. The van der Waals surface area contributed by atoms with Gasteiger partial charge in [-0.15, -0.1) is 0 Å². The number of ether oxygens (including phenoxy) is 1. The quantitative estimate of drug-likeness (QED) is 0.559. The average Bonchev–Trinajstić information content (AvgIpc) is 3.07. The predicted molar refractivity (Wildman–Crippen MR) is 98.0 cm³/mol. The first-order chi connectivity index (χ1) is 11.6. The fraction of sp³-hybridized carbons (Fsp3) is 0.0588. The number of hydrogen-bond acceptors (Lipinski definition) is 5. The molecule has 24 heavy (non-hydrogen) atoms. The third-order valence-corrected chi connectivity index (χ3v) is 5.29. The molecule has 0 bridgehead atoms. The standard InChI is InChI=1S/C17H11BrN2O3S/c1-23-13-7-9(6-10(18)15(13)21)8-14-16(22)20-12-5-3-2-4-11(12)19-17(20)24-14/h2-8,21H,1H3/b14-8+. The number of phenols is 1. The Labute approximate surface area is 148 Å². The van der Waals surface area contributed by atoms with Crippen LogP contribution in [0.5, 0.6) is 11.5 Å². The highest BCUT2D eigenvalue weighted by Crippen LogP contribution is 2.35. The predicted octanol–water partition coefficient (Wildman–Crippen LogP) is 2.93. The van der Waals surface area contributed by atoms with E-state index in [0.29, 0.717) is 19.7 Å². The van der Waals surface area contributed by atoms with Gasteiger partial charge in [0.1, 0.15) is 0 Å². The molecule has 1 N–H and O–H groups in total. The van der Waals surface area contributed by atoms with E-state index in [1.165, 1.54) is 18.4 Å². The van der Waals surface area contributed by atoms with Crippen LogP contribution in [-0.4, -0.2) is 21.6 Å². The summed E-state index contributed by atoms with van der Waals surface area (Å²) in [4.78, 5) is 17.9. The lowest BCUT2D eigenvalue weighted by Crippen LogP contribution is -2.22. The molecule has 4 rings (SSSR count). The van der Waals surface area contributed by atoms with Crippen molar-refractivity contribution < 1.29 is 9.84 Å². The van der Waals surface area contributed by atoms with E-state index in [1.807, 2.05) is 24.3 Å². The maximum atomic E-state index is 12.7. The summed E-state index contributed by atoms with van der Waals surface area (Å²) < 4.78 is 7.85. The number of rotatable bonds is 2. The molecule has 2 heterocycles. The molecule has 0 radical (unpaired) electrons. The molecule has 0 fully saturated rings. The summed E-state index contributed by atoms with van der Waals surface area (Å²) in [5.74, 6) is 0.374. The highest BCUT2D eigenvalue weighted by molar-refractivity contribution is 9.10. The third-order valence-electron chi connectivity index (χ3n) is 3.71. The van der Waals surface area contributed by atoms with Crippen molar-refractivity contribution in [2.24, 2.45) is 0 Å². The Balaban J connectivity index is 1.97. The molecule has 0 aliphatic rings. The maximum Gasteiger partial charge on any atom is 0.274 e. The minimum atomic E-state index is -0.105. The summed E-state index contributed by atoms with van der Waals surface area (Å²) in [6.45, 7) is 0. The van der Waals surface area contributed by atoms with E-state index in [0.717, 1.165) is 16.6 Å². The van der Waals surface area contributed by atoms with Crippen molar-refractivity contribution in [3.05, 3.63) is 61.3 Å². The van der Waals surface area contributed by atoms with Gasteiger partial charge in [-0.1, -0.05) is 23.5 Å². The molecule has 2 aromatic carbocycles. The molecule has 0 aliphatic heterocycles. The Bertz CT molecular complexity index is 1200. The summed E-state index contributed by atoms with van der Waals surface area (Å²) in [7, 11) is 1.48. The summed E-state index contributed by atoms with van der Waals surface area (Å²) in [5.41, 5.74) is 2.26. The zero-order valence-electron chi connectivity index (χ0n) is 12.5. The number of para-hydroxylation sites is 2. The second kappa shape index (κ2) is 5.61. The molecule has 0 saturated heterocycles. The SMILES string of the molecule is COc1cc(/C=c2/sc3nc4ccccc4n3c2=O)cc(Br)c1O. The first-order valence-electron chi connectivity index (χ1n) is 7.06. The molecular formula is C17H11BrN2O3S. The molecule has 2 aromatic heterocycles. The van der Waals surface area contributed by atoms with Crippen LogP contribution in [0.4, 0.5) is 0 Å². The van der Waals surface area contributed by atoms with E-state index in [9.17, 15) is 9.90 Å². The van der Waals surface area contributed by atoms with Gasteiger partial charge in [0.05, 0.1) is 27.1 Å². The largest absolute Gasteiger partial charge is 0.503 e. The highest BCUT2D eigenvalue weighted by atomic mass is 79.9. The minimum absolute atomic E-state index is 0.0315. The first-order valence-corrected chi connectivity index (χ1v) is 8.67. The van der Waals surface area contributed by atoms with Gasteiger partial charge >= 0.3 is 0 Å². The first kappa shape index (κ1) is 15.2. The molecule has 7 heteroatoms. The summed E-state index contributed by atoms with van der Waals surface area (Å²) in [6, 6.07) is 11.0. The highest BCUT2D eigenvalue weighted by Gasteiger charge is 2.12. The number of benzene rings is 2. The molecule has 0 atom stereocenters. The van der Waals surface area contributed by atoms with Gasteiger partial charge in [0.2, 0.25) is 0 Å². The number of hydrogen-bond donors (Lipinski definition) is 1. The van der Waals surface area contributed by atoms with Gasteiger partial charge in [-0.05, 0) is 51.8 Å². The van der Waals surface area contributed by atoms with Gasteiger partial charge in [-0.3, -0.25) is 4.79 Å². The Morgan fingerprint density at radius 1 is 1.33 bits per heavy atom.